The first-order valence-electron chi connectivity index (χ1n) is 11.4. The highest BCUT2D eigenvalue weighted by Crippen LogP contribution is 2.30. The number of carbonyl (C=O) groups excluding carboxylic acids is 2. The Kier molecular flexibility index (Phi) is 9.21. The molecule has 1 aliphatic rings. The summed E-state index contributed by atoms with van der Waals surface area (Å²) in [5, 5.41) is 2.88. The maximum atomic E-state index is 12.6. The molecule has 0 spiro atoms. The van der Waals surface area contributed by atoms with Crippen molar-refractivity contribution in [1.29, 1.82) is 0 Å². The van der Waals surface area contributed by atoms with Crippen LogP contribution in [0.25, 0.3) is 0 Å². The van der Waals surface area contributed by atoms with Crippen molar-refractivity contribution in [2.45, 2.75) is 39.5 Å². The van der Waals surface area contributed by atoms with E-state index in [0.29, 0.717) is 25.3 Å². The van der Waals surface area contributed by atoms with Crippen LogP contribution in [0, 0.1) is 0 Å². The zero-order chi connectivity index (χ0) is 24.5. The number of alkyl halides is 2. The number of halogens is 2. The monoisotopic (exact) mass is 475 g/mol. The molecule has 184 valence electrons. The third-order valence-corrected chi connectivity index (χ3v) is 5.47. The molecule has 34 heavy (non-hydrogen) atoms. The highest BCUT2D eigenvalue weighted by Gasteiger charge is 2.19. The van der Waals surface area contributed by atoms with Gasteiger partial charge in [-0.05, 0) is 62.2 Å². The number of nitrogens with zero attached hydrogens (tertiary/aromatic N) is 2. The molecule has 1 fully saturated rings. The summed E-state index contributed by atoms with van der Waals surface area (Å²) in [5.74, 6) is 0.123. The van der Waals surface area contributed by atoms with Crippen molar-refractivity contribution < 1.29 is 27.8 Å². The molecular formula is C25H31F2N3O4. The number of amides is 2. The molecule has 0 saturated carbocycles. The van der Waals surface area contributed by atoms with Crippen molar-refractivity contribution in [3.8, 4) is 11.5 Å². The Bertz CT molecular complexity index is 963. The van der Waals surface area contributed by atoms with Crippen LogP contribution in [0.1, 0.15) is 41.3 Å². The summed E-state index contributed by atoms with van der Waals surface area (Å²) < 4.78 is 35.0. The van der Waals surface area contributed by atoms with Gasteiger partial charge in [0.1, 0.15) is 0 Å². The lowest BCUT2D eigenvalue weighted by Gasteiger charge is -2.18. The van der Waals surface area contributed by atoms with E-state index in [2.05, 4.69) is 10.1 Å². The van der Waals surface area contributed by atoms with E-state index >= 15 is 0 Å². The largest absolute Gasteiger partial charge is 0.490 e. The lowest BCUT2D eigenvalue weighted by Crippen LogP contribution is -2.34. The predicted molar refractivity (Wildman–Crippen MR) is 124 cm³/mol. The Morgan fingerprint density at radius 3 is 2.38 bits per heavy atom. The number of rotatable bonds is 11. The first-order valence-corrected chi connectivity index (χ1v) is 11.4. The summed E-state index contributed by atoms with van der Waals surface area (Å²) in [5.41, 5.74) is 2.37. The summed E-state index contributed by atoms with van der Waals surface area (Å²) in [4.78, 5) is 28.5. The number of ether oxygens (including phenoxy) is 2. The standard InChI is InChI=1S/C25H31F2N3O4/c1-3-33-22-14-19(8-11-21(22)34-25(26)27)16-29(2)17-23(31)28-15-18-6-9-20(10-7-18)24(32)30-12-4-5-13-30/h6-11,14,25H,3-5,12-13,15-17H2,1-2H3,(H,28,31). The molecular weight excluding hydrogens is 444 g/mol. The summed E-state index contributed by atoms with van der Waals surface area (Å²) >= 11 is 0. The van der Waals surface area contributed by atoms with Gasteiger partial charge in [0.25, 0.3) is 5.91 Å². The molecule has 1 N–H and O–H groups in total. The van der Waals surface area contributed by atoms with Crippen LogP contribution in [0.15, 0.2) is 42.5 Å². The first-order chi connectivity index (χ1) is 16.4. The molecule has 0 aromatic heterocycles. The van der Waals surface area contributed by atoms with Crippen molar-refractivity contribution in [3.05, 3.63) is 59.2 Å². The van der Waals surface area contributed by atoms with E-state index in [4.69, 9.17) is 4.74 Å². The van der Waals surface area contributed by atoms with Gasteiger partial charge in [0.05, 0.1) is 13.2 Å². The number of likely N-dealkylation sites (tertiary alicyclic amines) is 1. The summed E-state index contributed by atoms with van der Waals surface area (Å²) in [6.07, 6.45) is 2.10. The highest BCUT2D eigenvalue weighted by molar-refractivity contribution is 5.94. The quantitative estimate of drug-likeness (QED) is 0.537. The third kappa shape index (κ3) is 7.41. The summed E-state index contributed by atoms with van der Waals surface area (Å²) in [6, 6.07) is 12.0. The molecule has 2 aromatic rings. The number of hydrogen-bond acceptors (Lipinski definition) is 5. The SMILES string of the molecule is CCOc1cc(CN(C)CC(=O)NCc2ccc(C(=O)N3CCCC3)cc2)ccc1OC(F)F. The maximum absolute atomic E-state index is 12.6. The fourth-order valence-electron chi connectivity index (χ4n) is 3.85. The van der Waals surface area contributed by atoms with E-state index in [0.717, 1.165) is 37.1 Å². The average Bonchev–Trinajstić information content (AvgIpc) is 3.34. The van der Waals surface area contributed by atoms with Crippen LogP contribution >= 0.6 is 0 Å². The zero-order valence-corrected chi connectivity index (χ0v) is 19.6. The minimum Gasteiger partial charge on any atom is -0.490 e. The zero-order valence-electron chi connectivity index (χ0n) is 19.6. The fraction of sp³-hybridized carbons (Fsp3) is 0.440. The average molecular weight is 476 g/mol. The van der Waals surface area contributed by atoms with E-state index in [1.54, 1.807) is 38.2 Å². The van der Waals surface area contributed by atoms with Gasteiger partial charge < -0.3 is 19.7 Å². The first kappa shape index (κ1) is 25.4. The van der Waals surface area contributed by atoms with E-state index in [1.165, 1.54) is 6.07 Å². The van der Waals surface area contributed by atoms with Crippen molar-refractivity contribution in [2.24, 2.45) is 0 Å². The topological polar surface area (TPSA) is 71.1 Å². The normalized spacial score (nSPS) is 13.4. The van der Waals surface area contributed by atoms with Crippen LogP contribution in [0.2, 0.25) is 0 Å². The molecule has 0 bridgehead atoms. The van der Waals surface area contributed by atoms with Gasteiger partial charge in [-0.15, -0.1) is 0 Å². The molecule has 1 saturated heterocycles. The molecule has 0 atom stereocenters. The maximum Gasteiger partial charge on any atom is 0.387 e. The van der Waals surface area contributed by atoms with Gasteiger partial charge in [-0.3, -0.25) is 14.5 Å². The third-order valence-electron chi connectivity index (χ3n) is 5.47. The minimum absolute atomic E-state index is 0.0193. The number of nitrogens with one attached hydrogen (secondary N) is 1. The Hall–Kier alpha value is -3.20. The van der Waals surface area contributed by atoms with Crippen molar-refractivity contribution in [1.82, 2.24) is 15.1 Å². The van der Waals surface area contributed by atoms with Crippen LogP contribution in [0.5, 0.6) is 11.5 Å². The van der Waals surface area contributed by atoms with E-state index in [-0.39, 0.29) is 29.9 Å². The second-order valence-electron chi connectivity index (χ2n) is 8.24. The van der Waals surface area contributed by atoms with Crippen LogP contribution in [-0.4, -0.2) is 61.5 Å². The fourth-order valence-corrected chi connectivity index (χ4v) is 3.85. The Morgan fingerprint density at radius 1 is 1.06 bits per heavy atom. The molecule has 3 rings (SSSR count). The number of hydrogen-bond donors (Lipinski definition) is 1. The van der Waals surface area contributed by atoms with Crippen LogP contribution in [0.3, 0.4) is 0 Å². The smallest absolute Gasteiger partial charge is 0.387 e. The van der Waals surface area contributed by atoms with Crippen LogP contribution in [-0.2, 0) is 17.9 Å². The Labute approximate surface area is 198 Å². The van der Waals surface area contributed by atoms with Gasteiger partial charge >= 0.3 is 6.61 Å². The molecule has 1 aliphatic heterocycles. The van der Waals surface area contributed by atoms with Gasteiger partial charge in [0.2, 0.25) is 5.91 Å². The second-order valence-corrected chi connectivity index (χ2v) is 8.24. The highest BCUT2D eigenvalue weighted by atomic mass is 19.3. The van der Waals surface area contributed by atoms with Gasteiger partial charge in [-0.1, -0.05) is 18.2 Å². The van der Waals surface area contributed by atoms with Crippen molar-refractivity contribution in [2.75, 3.05) is 33.3 Å². The molecule has 2 aromatic carbocycles. The summed E-state index contributed by atoms with van der Waals surface area (Å²) in [7, 11) is 1.79. The van der Waals surface area contributed by atoms with Gasteiger partial charge in [0, 0.05) is 31.7 Å². The molecule has 0 radical (unpaired) electrons. The lowest BCUT2D eigenvalue weighted by atomic mass is 10.1. The van der Waals surface area contributed by atoms with Crippen molar-refractivity contribution >= 4 is 11.8 Å². The van der Waals surface area contributed by atoms with Gasteiger partial charge in [-0.25, -0.2) is 0 Å². The van der Waals surface area contributed by atoms with E-state index < -0.39 is 6.61 Å². The summed E-state index contributed by atoms with van der Waals surface area (Å²) in [6.45, 7) is 1.70. The molecule has 9 heteroatoms. The molecule has 7 nitrogen and oxygen atoms in total. The van der Waals surface area contributed by atoms with Gasteiger partial charge in [-0.2, -0.15) is 8.78 Å². The molecule has 0 unspecified atom stereocenters. The van der Waals surface area contributed by atoms with E-state index in [1.807, 2.05) is 21.9 Å². The van der Waals surface area contributed by atoms with Gasteiger partial charge in [0.15, 0.2) is 11.5 Å². The minimum atomic E-state index is -2.93. The molecule has 2 amide bonds. The number of likely N-dealkylation sites (N-methyl/N-ethyl adjacent to an activating group) is 1. The van der Waals surface area contributed by atoms with Crippen molar-refractivity contribution in [3.63, 3.8) is 0 Å². The predicted octanol–water partition coefficient (Wildman–Crippen LogP) is 3.67. The Morgan fingerprint density at radius 2 is 1.74 bits per heavy atom. The molecule has 1 heterocycles. The Balaban J connectivity index is 1.47. The number of benzene rings is 2. The second kappa shape index (κ2) is 12.3. The van der Waals surface area contributed by atoms with Crippen LogP contribution < -0.4 is 14.8 Å². The van der Waals surface area contributed by atoms with E-state index in [9.17, 15) is 18.4 Å². The lowest BCUT2D eigenvalue weighted by molar-refractivity contribution is -0.122. The molecule has 0 aliphatic carbocycles. The number of carbonyl (C=O) groups is 2. The van der Waals surface area contributed by atoms with Crippen LogP contribution in [0.4, 0.5) is 8.78 Å².